The molecule has 0 saturated carbocycles. The Labute approximate surface area is 97.9 Å². The van der Waals surface area contributed by atoms with Gasteiger partial charge in [0.15, 0.2) is 0 Å². The lowest BCUT2D eigenvalue weighted by Gasteiger charge is -2.46. The molecule has 0 radical (unpaired) electrons. The molecule has 1 rings (SSSR count). The SMILES string of the molecule is COC(=O)CC1C(C)OCCN1C(C)(C)C. The zero-order chi connectivity index (χ0) is 12.3. The molecular formula is C12H23NO3. The summed E-state index contributed by atoms with van der Waals surface area (Å²) in [5, 5.41) is 0. The van der Waals surface area contributed by atoms with E-state index in [9.17, 15) is 4.79 Å². The van der Waals surface area contributed by atoms with Gasteiger partial charge in [-0.1, -0.05) is 0 Å². The summed E-state index contributed by atoms with van der Waals surface area (Å²) in [6.45, 7) is 10.1. The molecule has 16 heavy (non-hydrogen) atoms. The van der Waals surface area contributed by atoms with Crippen molar-refractivity contribution in [1.82, 2.24) is 4.90 Å². The highest BCUT2D eigenvalue weighted by atomic mass is 16.5. The third-order valence-electron chi connectivity index (χ3n) is 3.12. The Kier molecular flexibility index (Phi) is 4.33. The van der Waals surface area contributed by atoms with E-state index in [0.29, 0.717) is 6.42 Å². The summed E-state index contributed by atoms with van der Waals surface area (Å²) in [5.41, 5.74) is 0.0523. The molecule has 0 amide bonds. The van der Waals surface area contributed by atoms with Gasteiger partial charge in [-0.05, 0) is 27.7 Å². The molecule has 0 bridgehead atoms. The van der Waals surface area contributed by atoms with E-state index in [4.69, 9.17) is 9.47 Å². The van der Waals surface area contributed by atoms with Crippen molar-refractivity contribution in [3.63, 3.8) is 0 Å². The van der Waals surface area contributed by atoms with Crippen molar-refractivity contribution in [3.8, 4) is 0 Å². The number of ether oxygens (including phenoxy) is 2. The third-order valence-corrected chi connectivity index (χ3v) is 3.12. The maximum atomic E-state index is 11.4. The number of hydrogen-bond donors (Lipinski definition) is 0. The second kappa shape index (κ2) is 5.15. The van der Waals surface area contributed by atoms with Crippen LogP contribution in [0.2, 0.25) is 0 Å². The first kappa shape index (κ1) is 13.5. The van der Waals surface area contributed by atoms with E-state index in [-0.39, 0.29) is 23.7 Å². The van der Waals surface area contributed by atoms with Crippen LogP contribution in [-0.4, -0.2) is 48.8 Å². The Bertz CT molecular complexity index is 247. The monoisotopic (exact) mass is 229 g/mol. The fourth-order valence-electron chi connectivity index (χ4n) is 2.23. The van der Waals surface area contributed by atoms with Crippen molar-refractivity contribution >= 4 is 5.97 Å². The van der Waals surface area contributed by atoms with Gasteiger partial charge in [-0.2, -0.15) is 0 Å². The summed E-state index contributed by atoms with van der Waals surface area (Å²) in [4.78, 5) is 13.7. The van der Waals surface area contributed by atoms with Gasteiger partial charge in [0.1, 0.15) is 0 Å². The standard InChI is InChI=1S/C12H23NO3/c1-9-10(8-11(14)15-5)13(6-7-16-9)12(2,3)4/h9-10H,6-8H2,1-5H3. The molecule has 1 saturated heterocycles. The van der Waals surface area contributed by atoms with Crippen molar-refractivity contribution in [2.24, 2.45) is 0 Å². The minimum absolute atomic E-state index is 0.0523. The summed E-state index contributed by atoms with van der Waals surface area (Å²) in [6, 6.07) is 0.112. The zero-order valence-electron chi connectivity index (χ0n) is 10.9. The second-order valence-corrected chi connectivity index (χ2v) is 5.29. The van der Waals surface area contributed by atoms with E-state index in [0.717, 1.165) is 13.2 Å². The minimum Gasteiger partial charge on any atom is -0.469 e. The zero-order valence-corrected chi connectivity index (χ0v) is 10.9. The molecular weight excluding hydrogens is 206 g/mol. The summed E-state index contributed by atoms with van der Waals surface area (Å²) in [6.07, 6.45) is 0.474. The molecule has 0 aromatic carbocycles. The number of morpholine rings is 1. The molecule has 1 aliphatic rings. The molecule has 1 aliphatic heterocycles. The number of esters is 1. The molecule has 94 valence electrons. The van der Waals surface area contributed by atoms with E-state index in [1.165, 1.54) is 7.11 Å². The second-order valence-electron chi connectivity index (χ2n) is 5.29. The number of hydrogen-bond acceptors (Lipinski definition) is 4. The van der Waals surface area contributed by atoms with Crippen LogP contribution in [0.1, 0.15) is 34.1 Å². The van der Waals surface area contributed by atoms with E-state index in [1.807, 2.05) is 6.92 Å². The lowest BCUT2D eigenvalue weighted by Crippen LogP contribution is -2.58. The lowest BCUT2D eigenvalue weighted by atomic mass is 9.96. The molecule has 4 nitrogen and oxygen atoms in total. The first-order chi connectivity index (χ1) is 7.36. The van der Waals surface area contributed by atoms with Crippen LogP contribution in [-0.2, 0) is 14.3 Å². The number of nitrogens with zero attached hydrogens (tertiary/aromatic N) is 1. The first-order valence-electron chi connectivity index (χ1n) is 5.81. The van der Waals surface area contributed by atoms with E-state index < -0.39 is 0 Å². The first-order valence-corrected chi connectivity index (χ1v) is 5.81. The van der Waals surface area contributed by atoms with Gasteiger partial charge in [-0.25, -0.2) is 0 Å². The van der Waals surface area contributed by atoms with Gasteiger partial charge in [-0.15, -0.1) is 0 Å². The van der Waals surface area contributed by atoms with Crippen molar-refractivity contribution < 1.29 is 14.3 Å². The smallest absolute Gasteiger partial charge is 0.307 e. The molecule has 0 aromatic heterocycles. The predicted octanol–water partition coefficient (Wildman–Crippen LogP) is 1.44. The van der Waals surface area contributed by atoms with E-state index >= 15 is 0 Å². The van der Waals surface area contributed by atoms with Crippen LogP contribution in [0, 0.1) is 0 Å². The maximum Gasteiger partial charge on any atom is 0.307 e. The number of methoxy groups -OCH3 is 1. The van der Waals surface area contributed by atoms with Gasteiger partial charge in [0.05, 0.1) is 26.2 Å². The molecule has 4 heteroatoms. The van der Waals surface area contributed by atoms with Crippen LogP contribution in [0.25, 0.3) is 0 Å². The van der Waals surface area contributed by atoms with Crippen LogP contribution in [0.4, 0.5) is 0 Å². The van der Waals surface area contributed by atoms with Crippen molar-refractivity contribution in [1.29, 1.82) is 0 Å². The molecule has 0 aromatic rings. The normalized spacial score (nSPS) is 27.8. The van der Waals surface area contributed by atoms with Crippen LogP contribution < -0.4 is 0 Å². The molecule has 2 atom stereocenters. The van der Waals surface area contributed by atoms with E-state index in [1.54, 1.807) is 0 Å². The van der Waals surface area contributed by atoms with Crippen molar-refractivity contribution in [3.05, 3.63) is 0 Å². The van der Waals surface area contributed by atoms with Gasteiger partial charge < -0.3 is 9.47 Å². The van der Waals surface area contributed by atoms with Crippen LogP contribution in [0.3, 0.4) is 0 Å². The number of carbonyl (C=O) groups excluding carboxylic acids is 1. The highest BCUT2D eigenvalue weighted by Crippen LogP contribution is 2.25. The summed E-state index contributed by atoms with van der Waals surface area (Å²) in [5.74, 6) is -0.170. The highest BCUT2D eigenvalue weighted by Gasteiger charge is 2.37. The molecule has 0 N–H and O–H groups in total. The number of rotatable bonds is 2. The Morgan fingerprint density at radius 3 is 2.62 bits per heavy atom. The largest absolute Gasteiger partial charge is 0.469 e. The van der Waals surface area contributed by atoms with E-state index in [2.05, 4.69) is 25.7 Å². The summed E-state index contributed by atoms with van der Waals surface area (Å²) in [7, 11) is 1.43. The highest BCUT2D eigenvalue weighted by molar-refractivity contribution is 5.70. The van der Waals surface area contributed by atoms with Crippen LogP contribution in [0.5, 0.6) is 0 Å². The molecule has 0 aliphatic carbocycles. The molecule has 2 unspecified atom stereocenters. The molecule has 1 fully saturated rings. The fourth-order valence-corrected chi connectivity index (χ4v) is 2.23. The van der Waals surface area contributed by atoms with Gasteiger partial charge >= 0.3 is 5.97 Å². The predicted molar refractivity (Wildman–Crippen MR) is 62.3 cm³/mol. The maximum absolute atomic E-state index is 11.4. The molecule has 0 spiro atoms. The van der Waals surface area contributed by atoms with Gasteiger partial charge in [0.25, 0.3) is 0 Å². The quantitative estimate of drug-likeness (QED) is 0.672. The minimum atomic E-state index is -0.170. The Balaban J connectivity index is 2.75. The fraction of sp³-hybridized carbons (Fsp3) is 0.917. The Hall–Kier alpha value is -0.610. The van der Waals surface area contributed by atoms with Crippen LogP contribution in [0.15, 0.2) is 0 Å². The molecule has 1 heterocycles. The Morgan fingerprint density at radius 1 is 1.50 bits per heavy atom. The average Bonchev–Trinajstić information content (AvgIpc) is 2.19. The van der Waals surface area contributed by atoms with Crippen molar-refractivity contribution in [2.45, 2.75) is 51.8 Å². The van der Waals surface area contributed by atoms with Gasteiger partial charge in [0, 0.05) is 18.1 Å². The topological polar surface area (TPSA) is 38.8 Å². The van der Waals surface area contributed by atoms with Crippen molar-refractivity contribution in [2.75, 3.05) is 20.3 Å². The third kappa shape index (κ3) is 3.19. The van der Waals surface area contributed by atoms with Gasteiger partial charge in [0.2, 0.25) is 0 Å². The average molecular weight is 229 g/mol. The Morgan fingerprint density at radius 2 is 2.12 bits per heavy atom. The summed E-state index contributed by atoms with van der Waals surface area (Å²) < 4.78 is 10.4. The summed E-state index contributed by atoms with van der Waals surface area (Å²) >= 11 is 0. The van der Waals surface area contributed by atoms with Crippen LogP contribution >= 0.6 is 0 Å². The number of carbonyl (C=O) groups is 1. The van der Waals surface area contributed by atoms with Gasteiger partial charge in [-0.3, -0.25) is 9.69 Å². The lowest BCUT2D eigenvalue weighted by molar-refractivity contribution is -0.149.